The van der Waals surface area contributed by atoms with Gasteiger partial charge in [0.2, 0.25) is 0 Å². The van der Waals surface area contributed by atoms with Crippen LogP contribution >= 0.6 is 0 Å². The standard InChI is InChI=1S/C10H17N/c1-9(2)11-8-10-6-4-3-5-7-10/h4,6-7,9,11H,3,5,8H2,1-2H3. The summed E-state index contributed by atoms with van der Waals surface area (Å²) >= 11 is 0. The molecule has 0 unspecified atom stereocenters. The van der Waals surface area contributed by atoms with Crippen molar-refractivity contribution >= 4 is 0 Å². The second-order valence-corrected chi connectivity index (χ2v) is 3.29. The number of allylic oxidation sites excluding steroid dienone is 2. The maximum Gasteiger partial charge on any atom is 0.0204 e. The van der Waals surface area contributed by atoms with Crippen LogP contribution in [0.25, 0.3) is 0 Å². The van der Waals surface area contributed by atoms with Gasteiger partial charge in [0.25, 0.3) is 0 Å². The first-order chi connectivity index (χ1) is 5.29. The van der Waals surface area contributed by atoms with Crippen molar-refractivity contribution < 1.29 is 0 Å². The lowest BCUT2D eigenvalue weighted by Crippen LogP contribution is -2.24. The molecule has 1 heteroatoms. The average Bonchev–Trinajstić information content (AvgIpc) is 2.03. The fraction of sp³-hybridized carbons (Fsp3) is 0.600. The molecule has 1 aliphatic rings. The molecule has 0 saturated carbocycles. The minimum Gasteiger partial charge on any atom is -0.310 e. The van der Waals surface area contributed by atoms with E-state index in [1.807, 2.05) is 0 Å². The van der Waals surface area contributed by atoms with E-state index in [0.717, 1.165) is 6.54 Å². The molecule has 0 spiro atoms. The molecule has 0 amide bonds. The molecule has 0 atom stereocenters. The van der Waals surface area contributed by atoms with Crippen LogP contribution < -0.4 is 5.32 Å². The summed E-state index contributed by atoms with van der Waals surface area (Å²) in [5.74, 6) is 0. The van der Waals surface area contributed by atoms with Gasteiger partial charge in [0, 0.05) is 12.6 Å². The van der Waals surface area contributed by atoms with E-state index >= 15 is 0 Å². The Morgan fingerprint density at radius 2 is 2.27 bits per heavy atom. The van der Waals surface area contributed by atoms with Crippen molar-refractivity contribution in [1.82, 2.24) is 5.32 Å². The lowest BCUT2D eigenvalue weighted by Gasteiger charge is -2.10. The van der Waals surface area contributed by atoms with E-state index in [2.05, 4.69) is 37.4 Å². The first-order valence-electron chi connectivity index (χ1n) is 4.38. The molecular weight excluding hydrogens is 134 g/mol. The van der Waals surface area contributed by atoms with Gasteiger partial charge >= 0.3 is 0 Å². The Morgan fingerprint density at radius 1 is 1.45 bits per heavy atom. The molecule has 1 rings (SSSR count). The minimum atomic E-state index is 0.589. The SMILES string of the molecule is CC(C)NCC1=CCCC=C1. The summed E-state index contributed by atoms with van der Waals surface area (Å²) in [5.41, 5.74) is 1.44. The molecule has 0 aromatic carbocycles. The molecule has 1 aliphatic carbocycles. The number of rotatable bonds is 3. The number of hydrogen-bond acceptors (Lipinski definition) is 1. The fourth-order valence-corrected chi connectivity index (χ4v) is 1.12. The molecule has 0 heterocycles. The highest BCUT2D eigenvalue weighted by atomic mass is 14.9. The predicted molar refractivity (Wildman–Crippen MR) is 49.6 cm³/mol. The lowest BCUT2D eigenvalue weighted by atomic mass is 10.1. The molecule has 0 saturated heterocycles. The largest absolute Gasteiger partial charge is 0.310 e. The summed E-state index contributed by atoms with van der Waals surface area (Å²) in [6.45, 7) is 5.37. The van der Waals surface area contributed by atoms with Crippen molar-refractivity contribution in [2.45, 2.75) is 32.7 Å². The molecule has 0 aromatic rings. The van der Waals surface area contributed by atoms with E-state index in [1.54, 1.807) is 0 Å². The van der Waals surface area contributed by atoms with E-state index in [-0.39, 0.29) is 0 Å². The van der Waals surface area contributed by atoms with Crippen molar-refractivity contribution in [2.24, 2.45) is 0 Å². The number of nitrogens with one attached hydrogen (secondary N) is 1. The molecule has 62 valence electrons. The molecule has 0 fully saturated rings. The highest BCUT2D eigenvalue weighted by molar-refractivity contribution is 5.23. The smallest absolute Gasteiger partial charge is 0.0204 e. The van der Waals surface area contributed by atoms with E-state index in [0.29, 0.717) is 6.04 Å². The van der Waals surface area contributed by atoms with Crippen molar-refractivity contribution in [3.63, 3.8) is 0 Å². The molecule has 11 heavy (non-hydrogen) atoms. The van der Waals surface area contributed by atoms with Crippen molar-refractivity contribution in [1.29, 1.82) is 0 Å². The van der Waals surface area contributed by atoms with Crippen LogP contribution in [0.15, 0.2) is 23.8 Å². The van der Waals surface area contributed by atoms with Crippen LogP contribution in [0.1, 0.15) is 26.7 Å². The van der Waals surface area contributed by atoms with Crippen LogP contribution in [0.4, 0.5) is 0 Å². The second-order valence-electron chi connectivity index (χ2n) is 3.29. The Morgan fingerprint density at radius 3 is 2.82 bits per heavy atom. The number of hydrogen-bond donors (Lipinski definition) is 1. The van der Waals surface area contributed by atoms with Gasteiger partial charge in [-0.15, -0.1) is 0 Å². The zero-order valence-electron chi connectivity index (χ0n) is 7.43. The van der Waals surface area contributed by atoms with E-state index in [1.165, 1.54) is 18.4 Å². The van der Waals surface area contributed by atoms with Gasteiger partial charge in [-0.05, 0) is 18.4 Å². The second kappa shape index (κ2) is 4.35. The van der Waals surface area contributed by atoms with Gasteiger partial charge in [-0.2, -0.15) is 0 Å². The van der Waals surface area contributed by atoms with Crippen LogP contribution in [-0.2, 0) is 0 Å². The molecule has 0 aromatic heterocycles. The quantitative estimate of drug-likeness (QED) is 0.652. The summed E-state index contributed by atoms with van der Waals surface area (Å²) < 4.78 is 0. The zero-order valence-corrected chi connectivity index (χ0v) is 7.43. The summed E-state index contributed by atoms with van der Waals surface area (Å²) in [4.78, 5) is 0. The first kappa shape index (κ1) is 8.54. The van der Waals surface area contributed by atoms with E-state index in [9.17, 15) is 0 Å². The fourth-order valence-electron chi connectivity index (χ4n) is 1.12. The molecule has 1 nitrogen and oxygen atoms in total. The first-order valence-corrected chi connectivity index (χ1v) is 4.38. The van der Waals surface area contributed by atoms with Gasteiger partial charge in [0.05, 0.1) is 0 Å². The van der Waals surface area contributed by atoms with Gasteiger partial charge in [-0.3, -0.25) is 0 Å². The third-order valence-corrected chi connectivity index (χ3v) is 1.79. The van der Waals surface area contributed by atoms with Crippen LogP contribution in [0, 0.1) is 0 Å². The Kier molecular flexibility index (Phi) is 3.37. The Labute approximate surface area is 69.2 Å². The van der Waals surface area contributed by atoms with Gasteiger partial charge in [0.1, 0.15) is 0 Å². The minimum absolute atomic E-state index is 0.589. The molecule has 1 N–H and O–H groups in total. The van der Waals surface area contributed by atoms with Gasteiger partial charge in [-0.1, -0.05) is 32.1 Å². The van der Waals surface area contributed by atoms with Crippen molar-refractivity contribution in [3.05, 3.63) is 23.8 Å². The maximum atomic E-state index is 3.40. The normalized spacial score (nSPS) is 17.2. The van der Waals surface area contributed by atoms with Crippen LogP contribution in [-0.4, -0.2) is 12.6 Å². The van der Waals surface area contributed by atoms with E-state index < -0.39 is 0 Å². The highest BCUT2D eigenvalue weighted by Gasteiger charge is 1.97. The summed E-state index contributed by atoms with van der Waals surface area (Å²) in [5, 5.41) is 3.40. The van der Waals surface area contributed by atoms with Gasteiger partial charge < -0.3 is 5.32 Å². The average molecular weight is 151 g/mol. The summed E-state index contributed by atoms with van der Waals surface area (Å²) in [6, 6.07) is 0.589. The highest BCUT2D eigenvalue weighted by Crippen LogP contribution is 2.08. The van der Waals surface area contributed by atoms with Crippen molar-refractivity contribution in [2.75, 3.05) is 6.54 Å². The summed E-state index contributed by atoms with van der Waals surface area (Å²) in [6.07, 6.45) is 9.21. The van der Waals surface area contributed by atoms with Crippen LogP contribution in [0.3, 0.4) is 0 Å². The van der Waals surface area contributed by atoms with Crippen LogP contribution in [0.5, 0.6) is 0 Å². The Bertz CT molecular complexity index is 166. The molecule has 0 bridgehead atoms. The predicted octanol–water partition coefficient (Wildman–Crippen LogP) is 2.26. The lowest BCUT2D eigenvalue weighted by molar-refractivity contribution is 0.623. The van der Waals surface area contributed by atoms with Gasteiger partial charge in [-0.25, -0.2) is 0 Å². The Hall–Kier alpha value is -0.560. The zero-order chi connectivity index (χ0) is 8.10. The summed E-state index contributed by atoms with van der Waals surface area (Å²) in [7, 11) is 0. The maximum absolute atomic E-state index is 3.40. The molecule has 0 aliphatic heterocycles. The van der Waals surface area contributed by atoms with E-state index in [4.69, 9.17) is 0 Å². The molecule has 0 radical (unpaired) electrons. The third kappa shape index (κ3) is 3.38. The van der Waals surface area contributed by atoms with Crippen LogP contribution in [0.2, 0.25) is 0 Å². The third-order valence-electron chi connectivity index (χ3n) is 1.79. The topological polar surface area (TPSA) is 12.0 Å². The molecular formula is C10H17N. The van der Waals surface area contributed by atoms with Gasteiger partial charge in [0.15, 0.2) is 0 Å². The monoisotopic (exact) mass is 151 g/mol. The Balaban J connectivity index is 2.25. The van der Waals surface area contributed by atoms with Crippen molar-refractivity contribution in [3.8, 4) is 0 Å².